The van der Waals surface area contributed by atoms with Crippen LogP contribution in [0.15, 0.2) is 0 Å². The average molecular weight is 197 g/mol. The zero-order valence-electron chi connectivity index (χ0n) is 8.59. The number of hydrogen-bond donors (Lipinski definition) is 2. The fourth-order valence-corrected chi connectivity index (χ4v) is 2.14. The van der Waals surface area contributed by atoms with Gasteiger partial charge >= 0.3 is 0 Å². The Labute approximate surface area is 85.0 Å². The minimum absolute atomic E-state index is 0.273. The second-order valence-corrected chi connectivity index (χ2v) is 4.16. The van der Waals surface area contributed by atoms with E-state index in [0.29, 0.717) is 12.6 Å². The molecule has 80 valence electrons. The number of nitrogens with zero attached hydrogens (tertiary/aromatic N) is 1. The monoisotopic (exact) mass is 197 g/mol. The third kappa shape index (κ3) is 2.45. The van der Waals surface area contributed by atoms with Crippen LogP contribution < -0.4 is 10.6 Å². The molecule has 0 radical (unpaired) electrons. The molecular formula is C10H19N3O. The first-order valence-corrected chi connectivity index (χ1v) is 5.58. The maximum absolute atomic E-state index is 11.6. The second-order valence-electron chi connectivity index (χ2n) is 4.16. The van der Waals surface area contributed by atoms with Crippen LogP contribution in [0.3, 0.4) is 0 Å². The van der Waals surface area contributed by atoms with Crippen molar-refractivity contribution in [3.63, 3.8) is 0 Å². The summed E-state index contributed by atoms with van der Waals surface area (Å²) >= 11 is 0. The lowest BCUT2D eigenvalue weighted by Gasteiger charge is -2.17. The molecular weight excluding hydrogens is 178 g/mol. The lowest BCUT2D eigenvalue weighted by Crippen LogP contribution is -2.41. The van der Waals surface area contributed by atoms with Gasteiger partial charge in [-0.25, -0.2) is 0 Å². The van der Waals surface area contributed by atoms with Crippen molar-refractivity contribution in [1.29, 1.82) is 0 Å². The maximum Gasteiger partial charge on any atom is 0.236 e. The summed E-state index contributed by atoms with van der Waals surface area (Å²) in [6.07, 6.45) is 3.50. The summed E-state index contributed by atoms with van der Waals surface area (Å²) in [5, 5.41) is 6.58. The van der Waals surface area contributed by atoms with Gasteiger partial charge in [-0.15, -0.1) is 0 Å². The molecule has 2 saturated heterocycles. The highest BCUT2D eigenvalue weighted by atomic mass is 16.2. The van der Waals surface area contributed by atoms with Crippen LogP contribution in [0.25, 0.3) is 0 Å². The molecule has 2 aliphatic heterocycles. The smallest absolute Gasteiger partial charge is 0.236 e. The van der Waals surface area contributed by atoms with E-state index >= 15 is 0 Å². The van der Waals surface area contributed by atoms with Crippen LogP contribution in [0.4, 0.5) is 0 Å². The van der Waals surface area contributed by atoms with Crippen molar-refractivity contribution in [1.82, 2.24) is 15.5 Å². The quantitative estimate of drug-likeness (QED) is 0.645. The first-order chi connectivity index (χ1) is 6.86. The topological polar surface area (TPSA) is 44.4 Å². The highest BCUT2D eigenvalue weighted by Gasteiger charge is 2.19. The van der Waals surface area contributed by atoms with Gasteiger partial charge in [-0.1, -0.05) is 0 Å². The zero-order valence-corrected chi connectivity index (χ0v) is 8.59. The molecule has 0 aliphatic carbocycles. The van der Waals surface area contributed by atoms with Gasteiger partial charge in [0.25, 0.3) is 0 Å². The summed E-state index contributed by atoms with van der Waals surface area (Å²) < 4.78 is 0. The Hall–Kier alpha value is -0.610. The van der Waals surface area contributed by atoms with E-state index in [0.717, 1.165) is 32.6 Å². The molecule has 0 spiro atoms. The summed E-state index contributed by atoms with van der Waals surface area (Å²) in [6, 6.07) is 0.501. The van der Waals surface area contributed by atoms with E-state index < -0.39 is 0 Å². The zero-order chi connectivity index (χ0) is 9.80. The second kappa shape index (κ2) is 4.75. The van der Waals surface area contributed by atoms with Crippen molar-refractivity contribution >= 4 is 5.91 Å². The van der Waals surface area contributed by atoms with Crippen LogP contribution in [-0.4, -0.2) is 49.6 Å². The van der Waals surface area contributed by atoms with Crippen LogP contribution in [0.5, 0.6) is 0 Å². The summed E-state index contributed by atoms with van der Waals surface area (Å²) in [5.41, 5.74) is 0. The molecule has 2 fully saturated rings. The van der Waals surface area contributed by atoms with Gasteiger partial charge in [0.1, 0.15) is 0 Å². The van der Waals surface area contributed by atoms with Gasteiger partial charge in [0.05, 0.1) is 6.54 Å². The molecule has 2 rings (SSSR count). The Balaban J connectivity index is 1.66. The van der Waals surface area contributed by atoms with Gasteiger partial charge in [0.15, 0.2) is 0 Å². The van der Waals surface area contributed by atoms with Gasteiger partial charge in [0.2, 0.25) is 5.91 Å². The predicted octanol–water partition coefficient (Wildman–Crippen LogP) is -0.440. The van der Waals surface area contributed by atoms with Crippen LogP contribution in [0.1, 0.15) is 19.3 Å². The molecule has 0 aromatic carbocycles. The first-order valence-electron chi connectivity index (χ1n) is 5.58. The standard InChI is InChI=1S/C10H19N3O/c14-10(13-5-1-2-6-13)8-12-9-3-4-11-7-9/h9,11-12H,1-8H2/t9-/m1/s1. The number of nitrogens with one attached hydrogen (secondary N) is 2. The van der Waals surface area contributed by atoms with E-state index in [1.54, 1.807) is 0 Å². The molecule has 0 saturated carbocycles. The molecule has 14 heavy (non-hydrogen) atoms. The SMILES string of the molecule is O=C(CN[C@@H]1CCNC1)N1CCCC1. The summed E-state index contributed by atoms with van der Waals surface area (Å²) in [5.74, 6) is 0.273. The Morgan fingerprint density at radius 2 is 2.21 bits per heavy atom. The number of carbonyl (C=O) groups is 1. The fourth-order valence-electron chi connectivity index (χ4n) is 2.14. The van der Waals surface area contributed by atoms with Crippen molar-refractivity contribution in [2.75, 3.05) is 32.7 Å². The van der Waals surface area contributed by atoms with Crippen molar-refractivity contribution in [3.05, 3.63) is 0 Å². The van der Waals surface area contributed by atoms with Crippen molar-refractivity contribution < 1.29 is 4.79 Å². The van der Waals surface area contributed by atoms with E-state index in [2.05, 4.69) is 10.6 Å². The Morgan fingerprint density at radius 3 is 2.86 bits per heavy atom. The molecule has 4 heteroatoms. The predicted molar refractivity (Wildman–Crippen MR) is 55.1 cm³/mol. The van der Waals surface area contributed by atoms with Crippen LogP contribution in [0.2, 0.25) is 0 Å². The third-order valence-corrected chi connectivity index (χ3v) is 3.06. The van der Waals surface area contributed by atoms with E-state index in [9.17, 15) is 4.79 Å². The normalized spacial score (nSPS) is 27.1. The molecule has 1 atom stereocenters. The molecule has 2 aliphatic rings. The number of hydrogen-bond acceptors (Lipinski definition) is 3. The van der Waals surface area contributed by atoms with Crippen LogP contribution >= 0.6 is 0 Å². The number of amides is 1. The third-order valence-electron chi connectivity index (χ3n) is 3.06. The highest BCUT2D eigenvalue weighted by molar-refractivity contribution is 5.78. The van der Waals surface area contributed by atoms with Crippen molar-refractivity contribution in [3.8, 4) is 0 Å². The summed E-state index contributed by atoms with van der Waals surface area (Å²) in [7, 11) is 0. The molecule has 0 unspecified atom stereocenters. The molecule has 2 heterocycles. The van der Waals surface area contributed by atoms with Gasteiger partial charge in [-0.3, -0.25) is 4.79 Å². The van der Waals surface area contributed by atoms with Gasteiger partial charge in [0, 0.05) is 25.7 Å². The fraction of sp³-hybridized carbons (Fsp3) is 0.900. The number of rotatable bonds is 3. The molecule has 0 aromatic heterocycles. The maximum atomic E-state index is 11.6. The van der Waals surface area contributed by atoms with Gasteiger partial charge in [-0.05, 0) is 25.8 Å². The Kier molecular flexibility index (Phi) is 3.37. The summed E-state index contributed by atoms with van der Waals surface area (Å²) in [6.45, 7) is 4.53. The van der Waals surface area contributed by atoms with E-state index in [1.807, 2.05) is 4.90 Å². The first kappa shape index (κ1) is 9.93. The van der Waals surface area contributed by atoms with E-state index in [4.69, 9.17) is 0 Å². The van der Waals surface area contributed by atoms with E-state index in [-0.39, 0.29) is 5.91 Å². The molecule has 4 nitrogen and oxygen atoms in total. The lowest BCUT2D eigenvalue weighted by atomic mass is 10.2. The average Bonchev–Trinajstić information content (AvgIpc) is 2.87. The summed E-state index contributed by atoms with van der Waals surface area (Å²) in [4.78, 5) is 13.6. The Morgan fingerprint density at radius 1 is 1.43 bits per heavy atom. The van der Waals surface area contributed by atoms with Crippen LogP contribution in [0, 0.1) is 0 Å². The van der Waals surface area contributed by atoms with Crippen molar-refractivity contribution in [2.45, 2.75) is 25.3 Å². The van der Waals surface area contributed by atoms with Crippen molar-refractivity contribution in [2.24, 2.45) is 0 Å². The van der Waals surface area contributed by atoms with E-state index in [1.165, 1.54) is 12.8 Å². The number of likely N-dealkylation sites (tertiary alicyclic amines) is 1. The minimum atomic E-state index is 0.273. The minimum Gasteiger partial charge on any atom is -0.342 e. The number of carbonyl (C=O) groups excluding carboxylic acids is 1. The Bertz CT molecular complexity index is 196. The molecule has 0 aromatic rings. The molecule has 0 bridgehead atoms. The van der Waals surface area contributed by atoms with Gasteiger partial charge < -0.3 is 15.5 Å². The molecule has 1 amide bonds. The highest BCUT2D eigenvalue weighted by Crippen LogP contribution is 2.07. The lowest BCUT2D eigenvalue weighted by molar-refractivity contribution is -0.129. The van der Waals surface area contributed by atoms with Gasteiger partial charge in [-0.2, -0.15) is 0 Å². The largest absolute Gasteiger partial charge is 0.342 e. The van der Waals surface area contributed by atoms with Crippen LogP contribution in [-0.2, 0) is 4.79 Å². The molecule has 2 N–H and O–H groups in total.